The molecule has 0 bridgehead atoms. The SMILES string of the molecule is Nc1nc(COC(=O)C2CCCN2C(=O)c2ccco2)nc(Nc2ccc(Cl)cc2)n1. The van der Waals surface area contributed by atoms with Crippen molar-refractivity contribution in [2.45, 2.75) is 25.5 Å². The van der Waals surface area contributed by atoms with E-state index in [1.165, 1.54) is 11.2 Å². The Morgan fingerprint density at radius 3 is 2.77 bits per heavy atom. The average Bonchev–Trinajstić information content (AvgIpc) is 3.45. The Morgan fingerprint density at radius 1 is 1.23 bits per heavy atom. The summed E-state index contributed by atoms with van der Waals surface area (Å²) in [5.74, 6) is -0.335. The number of esters is 1. The van der Waals surface area contributed by atoms with E-state index in [0.717, 1.165) is 0 Å². The van der Waals surface area contributed by atoms with Crippen LogP contribution in [-0.4, -0.2) is 44.3 Å². The van der Waals surface area contributed by atoms with E-state index in [9.17, 15) is 9.59 Å². The number of hydrogen-bond acceptors (Lipinski definition) is 9. The topological polar surface area (TPSA) is 136 Å². The lowest BCUT2D eigenvalue weighted by Crippen LogP contribution is -2.41. The number of furan rings is 1. The highest BCUT2D eigenvalue weighted by molar-refractivity contribution is 6.30. The average molecular weight is 443 g/mol. The fraction of sp³-hybridized carbons (Fsp3) is 0.250. The van der Waals surface area contributed by atoms with E-state index in [4.69, 9.17) is 26.5 Å². The van der Waals surface area contributed by atoms with Gasteiger partial charge >= 0.3 is 5.97 Å². The minimum Gasteiger partial charge on any atom is -0.459 e. The number of carbonyl (C=O) groups excluding carboxylic acids is 2. The van der Waals surface area contributed by atoms with Crippen LogP contribution in [0.3, 0.4) is 0 Å². The highest BCUT2D eigenvalue weighted by atomic mass is 35.5. The van der Waals surface area contributed by atoms with E-state index in [0.29, 0.717) is 30.1 Å². The molecule has 1 unspecified atom stereocenters. The fourth-order valence-corrected chi connectivity index (χ4v) is 3.38. The van der Waals surface area contributed by atoms with E-state index < -0.39 is 12.0 Å². The first-order valence-electron chi connectivity index (χ1n) is 9.54. The number of carbonyl (C=O) groups is 2. The lowest BCUT2D eigenvalue weighted by molar-refractivity contribution is -0.149. The van der Waals surface area contributed by atoms with Crippen LogP contribution in [0.4, 0.5) is 17.6 Å². The second-order valence-electron chi connectivity index (χ2n) is 6.81. The number of anilines is 3. The van der Waals surface area contributed by atoms with E-state index >= 15 is 0 Å². The maximum Gasteiger partial charge on any atom is 0.329 e. The zero-order valence-electron chi connectivity index (χ0n) is 16.3. The van der Waals surface area contributed by atoms with Gasteiger partial charge in [0.05, 0.1) is 6.26 Å². The van der Waals surface area contributed by atoms with Gasteiger partial charge in [-0.3, -0.25) is 4.79 Å². The summed E-state index contributed by atoms with van der Waals surface area (Å²) in [5.41, 5.74) is 6.46. The summed E-state index contributed by atoms with van der Waals surface area (Å²) in [5, 5.41) is 3.59. The van der Waals surface area contributed by atoms with Crippen molar-refractivity contribution in [1.29, 1.82) is 0 Å². The molecule has 1 amide bonds. The summed E-state index contributed by atoms with van der Waals surface area (Å²) < 4.78 is 10.5. The molecule has 1 aromatic carbocycles. The molecule has 1 aliphatic heterocycles. The quantitative estimate of drug-likeness (QED) is 0.552. The maximum absolute atomic E-state index is 12.6. The van der Waals surface area contributed by atoms with E-state index in [1.807, 2.05) is 0 Å². The number of aromatic nitrogens is 3. The van der Waals surface area contributed by atoms with Crippen molar-refractivity contribution in [2.24, 2.45) is 0 Å². The van der Waals surface area contributed by atoms with Gasteiger partial charge in [0.1, 0.15) is 6.04 Å². The first-order valence-corrected chi connectivity index (χ1v) is 9.91. The summed E-state index contributed by atoms with van der Waals surface area (Å²) >= 11 is 5.88. The molecule has 1 fully saturated rings. The van der Waals surface area contributed by atoms with Crippen LogP contribution in [-0.2, 0) is 16.1 Å². The molecule has 11 heteroatoms. The third-order valence-electron chi connectivity index (χ3n) is 4.66. The van der Waals surface area contributed by atoms with E-state index in [-0.39, 0.29) is 36.0 Å². The number of nitrogen functional groups attached to an aromatic ring is 1. The lowest BCUT2D eigenvalue weighted by Gasteiger charge is -2.22. The molecule has 1 aliphatic rings. The summed E-state index contributed by atoms with van der Waals surface area (Å²) in [6, 6.07) is 9.44. The first-order chi connectivity index (χ1) is 15.0. The Hall–Kier alpha value is -3.66. The zero-order valence-corrected chi connectivity index (χ0v) is 17.1. The second-order valence-corrected chi connectivity index (χ2v) is 7.24. The van der Waals surface area contributed by atoms with Gasteiger partial charge in [-0.05, 0) is 49.2 Å². The van der Waals surface area contributed by atoms with Gasteiger partial charge in [-0.15, -0.1) is 0 Å². The molecular weight excluding hydrogens is 424 g/mol. The molecule has 1 saturated heterocycles. The second kappa shape index (κ2) is 9.00. The van der Waals surface area contributed by atoms with Crippen LogP contribution in [0.5, 0.6) is 0 Å². The Morgan fingerprint density at radius 2 is 2.03 bits per heavy atom. The molecule has 2 aromatic heterocycles. The molecule has 3 N–H and O–H groups in total. The summed E-state index contributed by atoms with van der Waals surface area (Å²) in [6.07, 6.45) is 2.62. The van der Waals surface area contributed by atoms with Gasteiger partial charge in [0.25, 0.3) is 5.91 Å². The van der Waals surface area contributed by atoms with Crippen molar-refractivity contribution >= 4 is 41.1 Å². The van der Waals surface area contributed by atoms with Crippen LogP contribution >= 0.6 is 11.6 Å². The number of likely N-dealkylation sites (tertiary alicyclic amines) is 1. The van der Waals surface area contributed by atoms with E-state index in [2.05, 4.69) is 20.3 Å². The number of halogens is 1. The van der Waals surface area contributed by atoms with Crippen molar-refractivity contribution in [3.05, 3.63) is 59.3 Å². The predicted octanol–water partition coefficient (Wildman–Crippen LogP) is 2.79. The van der Waals surface area contributed by atoms with Crippen molar-refractivity contribution in [2.75, 3.05) is 17.6 Å². The van der Waals surface area contributed by atoms with Gasteiger partial charge in [-0.2, -0.15) is 15.0 Å². The van der Waals surface area contributed by atoms with Crippen molar-refractivity contribution in [3.8, 4) is 0 Å². The molecular formula is C20H19ClN6O4. The standard InChI is InChI=1S/C20H19ClN6O4/c21-12-5-7-13(8-6-12)23-20-25-16(24-19(22)26-20)11-31-18(29)14-3-1-9-27(14)17(28)15-4-2-10-30-15/h2,4-8,10,14H,1,3,9,11H2,(H3,22,23,24,25,26). The summed E-state index contributed by atoms with van der Waals surface area (Å²) in [7, 11) is 0. The lowest BCUT2D eigenvalue weighted by atomic mass is 10.2. The Balaban J connectivity index is 1.40. The van der Waals surface area contributed by atoms with Crippen LogP contribution in [0.15, 0.2) is 47.1 Å². The van der Waals surface area contributed by atoms with Crippen molar-refractivity contribution < 1.29 is 18.7 Å². The minimum absolute atomic E-state index is 0.0204. The number of benzene rings is 1. The van der Waals surface area contributed by atoms with Crippen LogP contribution < -0.4 is 11.1 Å². The molecule has 0 spiro atoms. The van der Waals surface area contributed by atoms with Gasteiger partial charge in [0, 0.05) is 17.3 Å². The Labute approximate surface area is 182 Å². The third kappa shape index (κ3) is 4.92. The molecule has 0 aliphatic carbocycles. The number of hydrogen-bond donors (Lipinski definition) is 2. The Kier molecular flexibility index (Phi) is 5.99. The number of nitrogens with two attached hydrogens (primary N) is 1. The molecule has 0 saturated carbocycles. The van der Waals surface area contributed by atoms with E-state index in [1.54, 1.807) is 36.4 Å². The number of ether oxygens (including phenoxy) is 1. The highest BCUT2D eigenvalue weighted by Crippen LogP contribution is 2.22. The Bertz CT molecular complexity index is 1070. The van der Waals surface area contributed by atoms with Gasteiger partial charge in [-0.25, -0.2) is 4.79 Å². The van der Waals surface area contributed by atoms with Gasteiger partial charge < -0.3 is 25.1 Å². The summed E-state index contributed by atoms with van der Waals surface area (Å²) in [4.78, 5) is 38.9. The van der Waals surface area contributed by atoms with Gasteiger partial charge in [0.2, 0.25) is 11.9 Å². The third-order valence-corrected chi connectivity index (χ3v) is 4.91. The van der Waals surface area contributed by atoms with Crippen LogP contribution in [0.1, 0.15) is 29.2 Å². The minimum atomic E-state index is -0.691. The largest absolute Gasteiger partial charge is 0.459 e. The monoisotopic (exact) mass is 442 g/mol. The normalized spacial score (nSPS) is 15.6. The van der Waals surface area contributed by atoms with Crippen LogP contribution in [0.2, 0.25) is 5.02 Å². The smallest absolute Gasteiger partial charge is 0.329 e. The van der Waals surface area contributed by atoms with Crippen LogP contribution in [0, 0.1) is 0 Å². The highest BCUT2D eigenvalue weighted by Gasteiger charge is 2.36. The number of rotatable bonds is 6. The van der Waals surface area contributed by atoms with Gasteiger partial charge in [0.15, 0.2) is 18.2 Å². The first kappa shape index (κ1) is 20.6. The number of amides is 1. The maximum atomic E-state index is 12.6. The molecule has 4 rings (SSSR count). The molecule has 3 heterocycles. The fourth-order valence-electron chi connectivity index (χ4n) is 3.25. The van der Waals surface area contributed by atoms with Crippen LogP contribution in [0.25, 0.3) is 0 Å². The molecule has 10 nitrogen and oxygen atoms in total. The van der Waals surface area contributed by atoms with Crippen molar-refractivity contribution in [3.63, 3.8) is 0 Å². The molecule has 0 radical (unpaired) electrons. The zero-order chi connectivity index (χ0) is 21.8. The number of nitrogens with zero attached hydrogens (tertiary/aromatic N) is 4. The summed E-state index contributed by atoms with van der Waals surface area (Å²) in [6.45, 7) is 0.243. The molecule has 3 aromatic rings. The molecule has 160 valence electrons. The number of nitrogens with one attached hydrogen (secondary N) is 1. The molecule has 1 atom stereocenters. The molecule has 31 heavy (non-hydrogen) atoms. The van der Waals surface area contributed by atoms with Gasteiger partial charge in [-0.1, -0.05) is 11.6 Å². The van der Waals surface area contributed by atoms with Crippen molar-refractivity contribution in [1.82, 2.24) is 19.9 Å². The predicted molar refractivity (Wildman–Crippen MR) is 112 cm³/mol.